The maximum Gasteiger partial charge on any atom is 0.186 e. The lowest BCUT2D eigenvalue weighted by Crippen LogP contribution is -2.64. The van der Waals surface area contributed by atoms with Gasteiger partial charge >= 0.3 is 0 Å². The van der Waals surface area contributed by atoms with Crippen molar-refractivity contribution in [1.29, 1.82) is 0 Å². The number of thioether (sulfide) groups is 1. The molecule has 5 heteroatoms. The zero-order valence-electron chi connectivity index (χ0n) is 14.8. The summed E-state index contributed by atoms with van der Waals surface area (Å²) in [7, 11) is 3.95. The Morgan fingerprint density at radius 1 is 1.40 bits per heavy atom. The van der Waals surface area contributed by atoms with Crippen LogP contribution in [-0.2, 0) is 16.6 Å². The molecule has 0 aromatic heterocycles. The Balaban J connectivity index is 1.74. The summed E-state index contributed by atoms with van der Waals surface area (Å²) in [5.74, 6) is 2.20. The second kappa shape index (κ2) is 5.27. The molecule has 5 rings (SSSR count). The Morgan fingerprint density at radius 3 is 3.00 bits per heavy atom. The van der Waals surface area contributed by atoms with Gasteiger partial charge in [-0.3, -0.25) is 4.79 Å². The summed E-state index contributed by atoms with van der Waals surface area (Å²) in [5, 5.41) is 0.220. The van der Waals surface area contributed by atoms with Crippen molar-refractivity contribution in [2.75, 3.05) is 20.7 Å². The molecular formula is C20H23NO3S. The number of rotatable bonds is 2. The van der Waals surface area contributed by atoms with Crippen LogP contribution in [-0.4, -0.2) is 48.1 Å². The third-order valence-corrected chi connectivity index (χ3v) is 7.65. The largest absolute Gasteiger partial charge is 0.493 e. The van der Waals surface area contributed by atoms with Gasteiger partial charge in [-0.1, -0.05) is 30.0 Å². The molecule has 2 aliphatic carbocycles. The third-order valence-electron chi connectivity index (χ3n) is 6.64. The smallest absolute Gasteiger partial charge is 0.186 e. The molecule has 1 aromatic rings. The molecule has 1 spiro atoms. The van der Waals surface area contributed by atoms with Crippen LogP contribution < -0.4 is 9.47 Å². The lowest BCUT2D eigenvalue weighted by Gasteiger charge is -2.56. The lowest BCUT2D eigenvalue weighted by molar-refractivity contribution is -0.109. The number of likely N-dealkylation sites (tertiary alicyclic amines) is 1. The minimum Gasteiger partial charge on any atom is -0.493 e. The predicted octanol–water partition coefficient (Wildman–Crippen LogP) is 2.79. The average molecular weight is 357 g/mol. The fraction of sp³-hybridized carbons (Fsp3) is 0.550. The van der Waals surface area contributed by atoms with Crippen molar-refractivity contribution in [3.05, 3.63) is 35.4 Å². The highest BCUT2D eigenvalue weighted by Gasteiger charge is 2.64. The minimum absolute atomic E-state index is 0.0120. The summed E-state index contributed by atoms with van der Waals surface area (Å²) in [5.41, 5.74) is 2.74. The van der Waals surface area contributed by atoms with Gasteiger partial charge in [0.2, 0.25) is 0 Å². The molecule has 132 valence electrons. The van der Waals surface area contributed by atoms with E-state index >= 15 is 0 Å². The molecule has 1 saturated heterocycles. The molecule has 0 radical (unpaired) electrons. The topological polar surface area (TPSA) is 38.8 Å². The molecule has 0 N–H and O–H groups in total. The first-order valence-corrected chi connectivity index (χ1v) is 9.87. The normalized spacial score (nSPS) is 37.4. The molecule has 2 bridgehead atoms. The fourth-order valence-electron chi connectivity index (χ4n) is 5.66. The van der Waals surface area contributed by atoms with E-state index in [1.807, 2.05) is 6.07 Å². The van der Waals surface area contributed by atoms with Crippen molar-refractivity contribution in [1.82, 2.24) is 4.90 Å². The van der Waals surface area contributed by atoms with Gasteiger partial charge in [0.15, 0.2) is 16.6 Å². The summed E-state index contributed by atoms with van der Waals surface area (Å²) < 4.78 is 12.2. The van der Waals surface area contributed by atoms with E-state index in [0.717, 1.165) is 30.9 Å². The second-order valence-corrected chi connectivity index (χ2v) is 9.05. The first-order valence-electron chi connectivity index (χ1n) is 8.99. The molecule has 25 heavy (non-hydrogen) atoms. The van der Waals surface area contributed by atoms with Gasteiger partial charge in [0, 0.05) is 29.9 Å². The van der Waals surface area contributed by atoms with Crippen LogP contribution in [0.3, 0.4) is 0 Å². The molecule has 0 amide bonds. The van der Waals surface area contributed by atoms with Gasteiger partial charge in [-0.05, 0) is 38.1 Å². The highest BCUT2D eigenvalue weighted by Crippen LogP contribution is 2.63. The quantitative estimate of drug-likeness (QED) is 0.761. The van der Waals surface area contributed by atoms with E-state index < -0.39 is 0 Å². The first kappa shape index (κ1) is 15.8. The van der Waals surface area contributed by atoms with Crippen molar-refractivity contribution in [2.45, 2.75) is 42.6 Å². The van der Waals surface area contributed by atoms with E-state index in [0.29, 0.717) is 12.0 Å². The van der Waals surface area contributed by atoms with Crippen LogP contribution in [0.5, 0.6) is 11.5 Å². The maximum absolute atomic E-state index is 11.8. The summed E-state index contributed by atoms with van der Waals surface area (Å²) in [6.07, 6.45) is 6.73. The molecule has 1 aromatic carbocycles. The van der Waals surface area contributed by atoms with Crippen LogP contribution in [0.4, 0.5) is 0 Å². The van der Waals surface area contributed by atoms with Crippen LogP contribution in [0.2, 0.25) is 0 Å². The highest BCUT2D eigenvalue weighted by atomic mass is 32.2. The summed E-state index contributed by atoms with van der Waals surface area (Å²) in [4.78, 5) is 14.3. The lowest BCUT2D eigenvalue weighted by atomic mass is 9.53. The first-order chi connectivity index (χ1) is 12.1. The van der Waals surface area contributed by atoms with E-state index in [-0.39, 0.29) is 21.9 Å². The Morgan fingerprint density at radius 2 is 2.24 bits per heavy atom. The molecule has 1 fully saturated rings. The molecule has 2 heterocycles. The van der Waals surface area contributed by atoms with Crippen LogP contribution in [0, 0.1) is 5.92 Å². The van der Waals surface area contributed by atoms with Gasteiger partial charge in [-0.25, -0.2) is 0 Å². The zero-order valence-corrected chi connectivity index (χ0v) is 15.6. The zero-order chi connectivity index (χ0) is 17.3. The molecular weight excluding hydrogens is 334 g/mol. The average Bonchev–Trinajstić information content (AvgIpc) is 2.94. The number of nitrogens with zero attached hydrogens (tertiary/aromatic N) is 1. The number of hydrogen-bond donors (Lipinski definition) is 0. The van der Waals surface area contributed by atoms with Gasteiger partial charge in [0.25, 0.3) is 0 Å². The number of likely N-dealkylation sites (N-methyl/N-ethyl adjacent to an activating group) is 1. The van der Waals surface area contributed by atoms with E-state index in [9.17, 15) is 4.79 Å². The van der Waals surface area contributed by atoms with Crippen molar-refractivity contribution < 1.29 is 14.3 Å². The van der Waals surface area contributed by atoms with Gasteiger partial charge in [-0.15, -0.1) is 0 Å². The van der Waals surface area contributed by atoms with Crippen molar-refractivity contribution in [3.63, 3.8) is 0 Å². The van der Waals surface area contributed by atoms with Crippen LogP contribution >= 0.6 is 11.8 Å². The Labute approximate surface area is 152 Å². The minimum atomic E-state index is -0.0174. The van der Waals surface area contributed by atoms with E-state index in [4.69, 9.17) is 9.47 Å². The summed E-state index contributed by atoms with van der Waals surface area (Å²) in [6.45, 7) is 2.72. The number of piperidine rings is 1. The number of carbonyl (C=O) groups is 1. The number of methoxy groups -OCH3 is 1. The molecule has 2 aliphatic heterocycles. The van der Waals surface area contributed by atoms with Crippen LogP contribution in [0.1, 0.15) is 24.5 Å². The fourth-order valence-corrected chi connectivity index (χ4v) is 6.64. The maximum atomic E-state index is 11.8. The van der Waals surface area contributed by atoms with Gasteiger partial charge < -0.3 is 14.4 Å². The summed E-state index contributed by atoms with van der Waals surface area (Å²) >= 11 is 1.40. The Bertz CT molecular complexity index is 791. The summed E-state index contributed by atoms with van der Waals surface area (Å²) in [6, 6.07) is 4.77. The van der Waals surface area contributed by atoms with Gasteiger partial charge in [0.1, 0.15) is 6.10 Å². The van der Waals surface area contributed by atoms with Gasteiger partial charge in [0.05, 0.1) is 12.4 Å². The van der Waals surface area contributed by atoms with Crippen LogP contribution in [0.15, 0.2) is 24.3 Å². The SMILES string of the molecule is COc1ccc2c3c1O[C@H]1[C@H](SC(C)=O)C=C[C@H]4[C@@H](C2)N(C)CC[C@@]341. The van der Waals surface area contributed by atoms with Gasteiger partial charge in [-0.2, -0.15) is 0 Å². The standard InChI is InChI=1S/C20H23NO3S/c1-11(22)25-16-7-5-13-14-10-12-4-6-15(23-3)18-17(12)20(13,19(16)24-18)8-9-21(14)2/h4-7,13-14,16,19H,8-10H2,1-3H3/t13-,14+,16+,19-,20-/m0/s1. The van der Waals surface area contributed by atoms with Crippen molar-refractivity contribution in [2.24, 2.45) is 5.92 Å². The molecule has 4 aliphatic rings. The van der Waals surface area contributed by atoms with Crippen molar-refractivity contribution in [3.8, 4) is 11.5 Å². The number of carbonyl (C=O) groups excluding carboxylic acids is 1. The number of ether oxygens (including phenoxy) is 2. The van der Waals surface area contributed by atoms with E-state index in [1.54, 1.807) is 14.0 Å². The number of benzene rings is 1. The Hall–Kier alpha value is -1.46. The van der Waals surface area contributed by atoms with Crippen LogP contribution in [0.25, 0.3) is 0 Å². The molecule has 0 unspecified atom stereocenters. The highest BCUT2D eigenvalue weighted by molar-refractivity contribution is 8.14. The molecule has 0 saturated carbocycles. The Kier molecular flexibility index (Phi) is 3.32. The molecule has 4 nitrogen and oxygen atoms in total. The van der Waals surface area contributed by atoms with E-state index in [2.05, 4.69) is 30.2 Å². The second-order valence-electron chi connectivity index (χ2n) is 7.70. The third kappa shape index (κ3) is 1.91. The monoisotopic (exact) mass is 357 g/mol. The predicted molar refractivity (Wildman–Crippen MR) is 98.5 cm³/mol. The van der Waals surface area contributed by atoms with Crippen molar-refractivity contribution >= 4 is 16.9 Å². The molecule has 5 atom stereocenters. The number of hydrogen-bond acceptors (Lipinski definition) is 5. The van der Waals surface area contributed by atoms with E-state index in [1.165, 1.54) is 22.9 Å².